The summed E-state index contributed by atoms with van der Waals surface area (Å²) in [6.07, 6.45) is 1.44. The molecule has 0 spiro atoms. The number of benzene rings is 1. The Balaban J connectivity index is 2.26. The average molecular weight is 223 g/mol. The lowest BCUT2D eigenvalue weighted by molar-refractivity contribution is -0.385. The van der Waals surface area contributed by atoms with Crippen molar-refractivity contribution in [2.75, 3.05) is 0 Å². The number of aromatic amines is 1. The maximum absolute atomic E-state index is 13.3. The third-order valence-electron chi connectivity index (χ3n) is 1.82. The second-order valence-electron chi connectivity index (χ2n) is 2.89. The number of hydrogen-bond donors (Lipinski definition) is 1. The predicted octanol–water partition coefficient (Wildman–Crippen LogP) is 2.25. The molecule has 1 aromatic heterocycles. The molecule has 0 aliphatic carbocycles. The van der Waals surface area contributed by atoms with E-state index in [0.29, 0.717) is 0 Å². The lowest BCUT2D eigenvalue weighted by Crippen LogP contribution is -1.92. The fourth-order valence-corrected chi connectivity index (χ4v) is 1.10. The van der Waals surface area contributed by atoms with Gasteiger partial charge in [0.15, 0.2) is 11.6 Å². The van der Waals surface area contributed by atoms with Crippen molar-refractivity contribution in [2.45, 2.75) is 0 Å². The Hall–Kier alpha value is -2.44. The number of non-ortho nitro benzene ring substituents is 1. The van der Waals surface area contributed by atoms with E-state index in [1.165, 1.54) is 18.3 Å². The van der Waals surface area contributed by atoms with E-state index in [4.69, 9.17) is 4.74 Å². The summed E-state index contributed by atoms with van der Waals surface area (Å²) in [6.45, 7) is 0. The van der Waals surface area contributed by atoms with Crippen molar-refractivity contribution in [3.63, 3.8) is 0 Å². The van der Waals surface area contributed by atoms with Crippen LogP contribution in [0.4, 0.5) is 10.1 Å². The Morgan fingerprint density at radius 2 is 2.25 bits per heavy atom. The van der Waals surface area contributed by atoms with Gasteiger partial charge in [-0.2, -0.15) is 5.10 Å². The van der Waals surface area contributed by atoms with Crippen LogP contribution in [0.5, 0.6) is 11.6 Å². The molecule has 0 saturated heterocycles. The highest BCUT2D eigenvalue weighted by atomic mass is 19.1. The fraction of sp³-hybridized carbons (Fsp3) is 0. The summed E-state index contributed by atoms with van der Waals surface area (Å²) in [6, 6.07) is 4.65. The Labute approximate surface area is 88.8 Å². The molecule has 1 N–H and O–H groups in total. The zero-order chi connectivity index (χ0) is 11.5. The smallest absolute Gasteiger partial charge is 0.272 e. The summed E-state index contributed by atoms with van der Waals surface area (Å²) in [7, 11) is 0. The predicted molar refractivity (Wildman–Crippen MR) is 51.7 cm³/mol. The highest BCUT2D eigenvalue weighted by molar-refractivity contribution is 5.38. The van der Waals surface area contributed by atoms with Crippen molar-refractivity contribution >= 4 is 5.69 Å². The molecule has 0 aliphatic heterocycles. The minimum Gasteiger partial charge on any atom is -0.436 e. The van der Waals surface area contributed by atoms with Gasteiger partial charge >= 0.3 is 0 Å². The first-order valence-electron chi connectivity index (χ1n) is 4.28. The molecule has 0 saturated carbocycles. The maximum Gasteiger partial charge on any atom is 0.272 e. The normalized spacial score (nSPS) is 10.1. The summed E-state index contributed by atoms with van der Waals surface area (Å²) in [5, 5.41) is 16.5. The second kappa shape index (κ2) is 3.97. The highest BCUT2D eigenvalue weighted by Gasteiger charge is 2.12. The monoisotopic (exact) mass is 223 g/mol. The van der Waals surface area contributed by atoms with Crippen LogP contribution in [0.1, 0.15) is 0 Å². The van der Waals surface area contributed by atoms with E-state index in [0.717, 1.165) is 12.1 Å². The summed E-state index contributed by atoms with van der Waals surface area (Å²) in [5.41, 5.74) is -0.325. The third kappa shape index (κ3) is 1.97. The zero-order valence-electron chi connectivity index (χ0n) is 7.88. The lowest BCUT2D eigenvalue weighted by Gasteiger charge is -2.03. The molecular weight excluding hydrogens is 217 g/mol. The van der Waals surface area contributed by atoms with Crippen LogP contribution in [0.25, 0.3) is 0 Å². The van der Waals surface area contributed by atoms with Gasteiger partial charge in [0.25, 0.3) is 5.69 Å². The molecule has 0 aliphatic rings. The Bertz CT molecular complexity index is 513. The molecule has 0 radical (unpaired) electrons. The van der Waals surface area contributed by atoms with Crippen LogP contribution in [0, 0.1) is 15.9 Å². The summed E-state index contributed by atoms with van der Waals surface area (Å²) in [5.74, 6) is -0.647. The molecule has 6 nitrogen and oxygen atoms in total. The van der Waals surface area contributed by atoms with E-state index in [-0.39, 0.29) is 17.3 Å². The molecule has 1 heterocycles. The van der Waals surface area contributed by atoms with Gasteiger partial charge in [-0.1, -0.05) is 0 Å². The van der Waals surface area contributed by atoms with Gasteiger partial charge in [0, 0.05) is 12.1 Å². The molecule has 82 valence electrons. The van der Waals surface area contributed by atoms with E-state index in [2.05, 4.69) is 10.2 Å². The SMILES string of the molecule is O=[N+]([O-])c1ccc(Oc2ccn[nH]2)c(F)c1. The van der Waals surface area contributed by atoms with Gasteiger partial charge in [0.05, 0.1) is 17.2 Å². The summed E-state index contributed by atoms with van der Waals surface area (Å²) < 4.78 is 18.4. The standard InChI is InChI=1S/C9H6FN3O3/c10-7-5-6(13(14)15)1-2-8(7)16-9-3-4-11-12-9/h1-5H,(H,11,12). The molecule has 0 bridgehead atoms. The van der Waals surface area contributed by atoms with Gasteiger partial charge in [-0.15, -0.1) is 0 Å². The van der Waals surface area contributed by atoms with Gasteiger partial charge in [0.1, 0.15) is 0 Å². The second-order valence-corrected chi connectivity index (χ2v) is 2.89. The van der Waals surface area contributed by atoms with Crippen molar-refractivity contribution in [3.05, 3.63) is 46.4 Å². The van der Waals surface area contributed by atoms with E-state index in [1.54, 1.807) is 0 Å². The zero-order valence-corrected chi connectivity index (χ0v) is 7.88. The van der Waals surface area contributed by atoms with E-state index in [1.807, 2.05) is 0 Å². The van der Waals surface area contributed by atoms with Gasteiger partial charge < -0.3 is 4.74 Å². The third-order valence-corrected chi connectivity index (χ3v) is 1.82. The van der Waals surface area contributed by atoms with Crippen LogP contribution in [0.2, 0.25) is 0 Å². The number of rotatable bonds is 3. The number of nitro benzene ring substituents is 1. The van der Waals surface area contributed by atoms with Crippen LogP contribution in [0.3, 0.4) is 0 Å². The molecule has 7 heteroatoms. The van der Waals surface area contributed by atoms with Crippen molar-refractivity contribution in [2.24, 2.45) is 0 Å². The maximum atomic E-state index is 13.3. The quantitative estimate of drug-likeness (QED) is 0.639. The van der Waals surface area contributed by atoms with E-state index < -0.39 is 10.7 Å². The van der Waals surface area contributed by atoms with Gasteiger partial charge in [-0.05, 0) is 6.07 Å². The Morgan fingerprint density at radius 3 is 2.81 bits per heavy atom. The molecule has 0 amide bonds. The number of aromatic nitrogens is 2. The van der Waals surface area contributed by atoms with Crippen LogP contribution in [-0.4, -0.2) is 15.1 Å². The van der Waals surface area contributed by atoms with Crippen LogP contribution in [0.15, 0.2) is 30.5 Å². The molecule has 0 unspecified atom stereocenters. The number of ether oxygens (including phenoxy) is 1. The lowest BCUT2D eigenvalue weighted by atomic mass is 10.3. The van der Waals surface area contributed by atoms with Crippen LogP contribution >= 0.6 is 0 Å². The van der Waals surface area contributed by atoms with Crippen molar-refractivity contribution in [1.29, 1.82) is 0 Å². The number of nitrogens with zero attached hydrogens (tertiary/aromatic N) is 2. The molecule has 2 rings (SSSR count). The van der Waals surface area contributed by atoms with Gasteiger partial charge in [-0.3, -0.25) is 10.1 Å². The average Bonchev–Trinajstić information content (AvgIpc) is 2.73. The first kappa shape index (κ1) is 10.1. The number of halogens is 1. The fourth-order valence-electron chi connectivity index (χ4n) is 1.10. The van der Waals surface area contributed by atoms with Crippen LogP contribution in [-0.2, 0) is 0 Å². The Morgan fingerprint density at radius 1 is 1.44 bits per heavy atom. The molecule has 0 atom stereocenters. The minimum absolute atomic E-state index is 0.102. The van der Waals surface area contributed by atoms with E-state index >= 15 is 0 Å². The molecule has 16 heavy (non-hydrogen) atoms. The number of nitrogens with one attached hydrogen (secondary N) is 1. The summed E-state index contributed by atoms with van der Waals surface area (Å²) in [4.78, 5) is 9.69. The summed E-state index contributed by atoms with van der Waals surface area (Å²) >= 11 is 0. The highest BCUT2D eigenvalue weighted by Crippen LogP contribution is 2.25. The van der Waals surface area contributed by atoms with Gasteiger partial charge in [-0.25, -0.2) is 9.49 Å². The Kier molecular flexibility index (Phi) is 2.50. The van der Waals surface area contributed by atoms with Crippen molar-refractivity contribution in [1.82, 2.24) is 10.2 Å². The first-order chi connectivity index (χ1) is 7.66. The van der Waals surface area contributed by atoms with E-state index in [9.17, 15) is 14.5 Å². The molecule has 0 fully saturated rings. The molecule has 2 aromatic rings. The van der Waals surface area contributed by atoms with Crippen LogP contribution < -0.4 is 4.74 Å². The molecule has 1 aromatic carbocycles. The largest absolute Gasteiger partial charge is 0.436 e. The van der Waals surface area contributed by atoms with Gasteiger partial charge in [0.2, 0.25) is 5.88 Å². The number of nitro groups is 1. The minimum atomic E-state index is -0.802. The topological polar surface area (TPSA) is 81.1 Å². The molecular formula is C9H6FN3O3. The van der Waals surface area contributed by atoms with Crippen molar-refractivity contribution in [3.8, 4) is 11.6 Å². The first-order valence-corrected chi connectivity index (χ1v) is 4.28. The number of H-pyrrole nitrogens is 1. The van der Waals surface area contributed by atoms with Crippen molar-refractivity contribution < 1.29 is 14.1 Å². The number of hydrogen-bond acceptors (Lipinski definition) is 4.